The van der Waals surface area contributed by atoms with E-state index < -0.39 is 15.8 Å². The fourth-order valence-corrected chi connectivity index (χ4v) is 10.7. The van der Waals surface area contributed by atoms with Crippen molar-refractivity contribution >= 4 is 58.8 Å². The largest absolute Gasteiger partial charge is 0.497 e. The Balaban J connectivity index is 1.63. The lowest BCUT2D eigenvalue weighted by molar-refractivity contribution is 0.415. The van der Waals surface area contributed by atoms with Crippen LogP contribution in [0.15, 0.2) is 163 Å². The van der Waals surface area contributed by atoms with Gasteiger partial charge in [0.15, 0.2) is 0 Å². The number of fused-ring (bicyclic) bond motifs is 1. The average molecular weight is 635 g/mol. The second-order valence-corrected chi connectivity index (χ2v) is 15.2. The van der Waals surface area contributed by atoms with E-state index in [2.05, 4.69) is 110 Å². The van der Waals surface area contributed by atoms with Crippen LogP contribution in [0.1, 0.15) is 5.56 Å². The predicted octanol–water partition coefficient (Wildman–Crippen LogP) is 6.22. The van der Waals surface area contributed by atoms with E-state index in [9.17, 15) is 4.79 Å². The second-order valence-electron chi connectivity index (χ2n) is 10.9. The first kappa shape index (κ1) is 29.8. The van der Waals surface area contributed by atoms with Crippen LogP contribution < -0.4 is 42.4 Å². The van der Waals surface area contributed by atoms with Gasteiger partial charge in [-0.25, -0.2) is 4.98 Å². The van der Waals surface area contributed by atoms with Gasteiger partial charge in [0, 0.05) is 13.2 Å². The summed E-state index contributed by atoms with van der Waals surface area (Å²) in [5.41, 5.74) is 3.16. The fourth-order valence-electron chi connectivity index (χ4n) is 5.90. The molecule has 7 aromatic rings. The number of para-hydroxylation sites is 1. The number of hydrogen-bond donors (Lipinski definition) is 0. The van der Waals surface area contributed by atoms with Crippen LogP contribution in [0.2, 0.25) is 0 Å². The van der Waals surface area contributed by atoms with Crippen LogP contribution in [0.25, 0.3) is 16.6 Å². The molecule has 4 nitrogen and oxygen atoms in total. The van der Waals surface area contributed by atoms with E-state index in [1.165, 1.54) is 10.6 Å². The monoisotopic (exact) mass is 634 g/mol. The molecule has 1 aromatic heterocycles. The molecule has 0 atom stereocenters. The molecule has 0 unspecified atom stereocenters. The van der Waals surface area contributed by atoms with Crippen molar-refractivity contribution in [2.75, 3.05) is 7.11 Å². The molecule has 0 bridgehead atoms. The van der Waals surface area contributed by atoms with Crippen LogP contribution in [0, 0.1) is 6.92 Å². The molecule has 0 saturated carbocycles. The van der Waals surface area contributed by atoms with E-state index in [0.29, 0.717) is 10.9 Å². The Bertz CT molecular complexity index is 2090. The van der Waals surface area contributed by atoms with E-state index in [0.717, 1.165) is 38.5 Å². The highest BCUT2D eigenvalue weighted by molar-refractivity contribution is 7.80. The van der Waals surface area contributed by atoms with Crippen molar-refractivity contribution in [2.24, 2.45) is 0 Å². The van der Waals surface area contributed by atoms with Gasteiger partial charge in [-0.2, -0.15) is 0 Å². The van der Waals surface area contributed by atoms with Gasteiger partial charge in [0.2, 0.25) is 0 Å². The van der Waals surface area contributed by atoms with Gasteiger partial charge in [-0.05, 0) is 65.9 Å². The molecule has 6 aromatic carbocycles. The Labute approximate surface area is 271 Å². The third-order valence-corrected chi connectivity index (χ3v) is 12.8. The number of hydrogen-bond acceptors (Lipinski definition) is 3. The van der Waals surface area contributed by atoms with Crippen molar-refractivity contribution in [3.8, 4) is 11.4 Å². The van der Waals surface area contributed by atoms with E-state index in [-0.39, 0.29) is 5.56 Å². The van der Waals surface area contributed by atoms with Crippen molar-refractivity contribution in [1.82, 2.24) is 9.55 Å². The maximum atomic E-state index is 15.0. The Morgan fingerprint density at radius 2 is 1.04 bits per heavy atom. The Morgan fingerprint density at radius 1 is 0.587 bits per heavy atom. The summed E-state index contributed by atoms with van der Waals surface area (Å²) in [5, 5.41) is 6.26. The number of benzene rings is 6. The van der Waals surface area contributed by atoms with E-state index >= 15 is 0 Å². The molecule has 7 rings (SSSR count). The third-order valence-electron chi connectivity index (χ3n) is 7.97. The molecule has 0 spiro atoms. The molecule has 0 aliphatic heterocycles. The van der Waals surface area contributed by atoms with Crippen molar-refractivity contribution in [1.29, 1.82) is 0 Å². The molecule has 0 aliphatic carbocycles. The topological polar surface area (TPSA) is 44.1 Å². The minimum atomic E-state index is -1.22. The molecule has 0 N–H and O–H groups in total. The van der Waals surface area contributed by atoms with Gasteiger partial charge < -0.3 is 4.74 Å². The van der Waals surface area contributed by atoms with Crippen molar-refractivity contribution in [2.45, 2.75) is 6.92 Å². The Kier molecular flexibility index (Phi) is 8.57. The molecule has 0 saturated heterocycles. The Morgan fingerprint density at radius 3 is 1.54 bits per heavy atom. The van der Waals surface area contributed by atoms with Crippen LogP contribution in [0.3, 0.4) is 0 Å². The molecular formula is C40H32N2O2P2. The van der Waals surface area contributed by atoms with E-state index in [1.807, 2.05) is 59.2 Å². The third kappa shape index (κ3) is 5.67. The minimum absolute atomic E-state index is 0.0782. The molecule has 6 heteroatoms. The average Bonchev–Trinajstić information content (AvgIpc) is 3.11. The summed E-state index contributed by atoms with van der Waals surface area (Å²) in [4.78, 5) is 20.3. The van der Waals surface area contributed by atoms with Gasteiger partial charge >= 0.3 is 0 Å². The summed E-state index contributed by atoms with van der Waals surface area (Å²) in [6, 6.07) is 53.9. The molecule has 0 amide bonds. The van der Waals surface area contributed by atoms with Crippen LogP contribution in [-0.2, 0) is 0 Å². The number of aryl methyl sites for hydroxylation is 1. The summed E-state index contributed by atoms with van der Waals surface area (Å²) in [7, 11) is -0.601. The SMILES string of the molecule is COc1cc(C)c(-n2c(P(c3ccccc3)c3ccccc3)nc3ccccc3c2=O)c(P(c2ccccc2)c2ccccc2)c1. The van der Waals surface area contributed by atoms with Crippen molar-refractivity contribution in [3.63, 3.8) is 0 Å². The zero-order chi connectivity index (χ0) is 31.5. The summed E-state index contributed by atoms with van der Waals surface area (Å²) in [6.07, 6.45) is 0. The van der Waals surface area contributed by atoms with Crippen molar-refractivity contribution in [3.05, 3.63) is 174 Å². The maximum absolute atomic E-state index is 15.0. The minimum Gasteiger partial charge on any atom is -0.497 e. The summed E-state index contributed by atoms with van der Waals surface area (Å²) < 4.78 is 7.79. The quantitative estimate of drug-likeness (QED) is 0.187. The van der Waals surface area contributed by atoms with Gasteiger partial charge in [0.25, 0.3) is 5.56 Å². The maximum Gasteiger partial charge on any atom is 0.266 e. The Hall–Kier alpha value is -4.88. The first-order valence-corrected chi connectivity index (χ1v) is 17.8. The van der Waals surface area contributed by atoms with Gasteiger partial charge in [-0.15, -0.1) is 0 Å². The number of ether oxygens (including phenoxy) is 1. The highest BCUT2D eigenvalue weighted by Crippen LogP contribution is 2.39. The zero-order valence-corrected chi connectivity index (χ0v) is 27.4. The first-order chi connectivity index (χ1) is 22.6. The highest BCUT2D eigenvalue weighted by Gasteiger charge is 2.29. The van der Waals surface area contributed by atoms with Gasteiger partial charge in [-0.3, -0.25) is 9.36 Å². The molecule has 0 radical (unpaired) electrons. The molecule has 224 valence electrons. The number of methoxy groups -OCH3 is 1. The standard InChI is InChI=1S/C40H32N2O2P2/c1-29-27-30(44-2)28-37(45(31-17-7-3-8-18-31)32-19-9-4-10-20-32)38(29)42-39(43)35-25-15-16-26-36(35)41-40(42)46(33-21-11-5-12-22-33)34-23-13-6-14-24-34/h3-28H,1-2H3. The number of nitrogens with zero attached hydrogens (tertiary/aromatic N) is 2. The lowest BCUT2D eigenvalue weighted by atomic mass is 10.1. The lowest BCUT2D eigenvalue weighted by Crippen LogP contribution is -2.40. The molecule has 46 heavy (non-hydrogen) atoms. The zero-order valence-electron chi connectivity index (χ0n) is 25.6. The summed E-state index contributed by atoms with van der Waals surface area (Å²) in [5.74, 6) is 0.757. The first-order valence-electron chi connectivity index (χ1n) is 15.2. The summed E-state index contributed by atoms with van der Waals surface area (Å²) >= 11 is 0. The number of aromatic nitrogens is 2. The number of rotatable bonds is 8. The van der Waals surface area contributed by atoms with Crippen LogP contribution >= 0.6 is 15.8 Å². The van der Waals surface area contributed by atoms with E-state index in [1.54, 1.807) is 7.11 Å². The normalized spacial score (nSPS) is 11.3. The van der Waals surface area contributed by atoms with Crippen LogP contribution in [0.4, 0.5) is 0 Å². The van der Waals surface area contributed by atoms with Gasteiger partial charge in [0.05, 0.1) is 23.7 Å². The van der Waals surface area contributed by atoms with Crippen LogP contribution in [-0.4, -0.2) is 16.7 Å². The van der Waals surface area contributed by atoms with Crippen LogP contribution in [0.5, 0.6) is 5.75 Å². The fraction of sp³-hybridized carbons (Fsp3) is 0.0500. The predicted molar refractivity (Wildman–Crippen MR) is 196 cm³/mol. The second kappa shape index (κ2) is 13.2. The van der Waals surface area contributed by atoms with Crippen molar-refractivity contribution < 1.29 is 4.74 Å². The highest BCUT2D eigenvalue weighted by atomic mass is 31.1. The molecule has 1 heterocycles. The van der Waals surface area contributed by atoms with Gasteiger partial charge in [-0.1, -0.05) is 133 Å². The molecular weight excluding hydrogens is 602 g/mol. The molecule has 0 fully saturated rings. The smallest absolute Gasteiger partial charge is 0.266 e. The lowest BCUT2D eigenvalue weighted by Gasteiger charge is -2.28. The van der Waals surface area contributed by atoms with E-state index in [4.69, 9.17) is 9.72 Å². The molecule has 0 aliphatic rings. The van der Waals surface area contributed by atoms with Gasteiger partial charge in [0.1, 0.15) is 11.3 Å². The summed E-state index contributed by atoms with van der Waals surface area (Å²) in [6.45, 7) is 2.07.